The number of rotatable bonds is 4. The highest BCUT2D eigenvalue weighted by molar-refractivity contribution is 5.85. The van der Waals surface area contributed by atoms with E-state index in [1.54, 1.807) is 7.11 Å². The first kappa shape index (κ1) is 14.8. The Balaban J connectivity index is 2.61. The maximum absolute atomic E-state index is 5.65. The van der Waals surface area contributed by atoms with Crippen molar-refractivity contribution in [3.63, 3.8) is 0 Å². The quantitative estimate of drug-likeness (QED) is 0.664. The molecule has 0 aliphatic carbocycles. The zero-order valence-corrected chi connectivity index (χ0v) is 12.7. The lowest BCUT2D eigenvalue weighted by atomic mass is 9.86. The Labute approximate surface area is 120 Å². The molecule has 0 saturated heterocycles. The highest BCUT2D eigenvalue weighted by Crippen LogP contribution is 2.31. The number of methoxy groups -OCH3 is 1. The summed E-state index contributed by atoms with van der Waals surface area (Å²) in [4.78, 5) is 4.72. The Morgan fingerprint density at radius 1 is 1.30 bits per heavy atom. The summed E-state index contributed by atoms with van der Waals surface area (Å²) in [6.45, 7) is 7.16. The molecule has 1 aromatic carbocycles. The van der Waals surface area contributed by atoms with Crippen LogP contribution in [0.15, 0.2) is 24.3 Å². The lowest BCUT2D eigenvalue weighted by Crippen LogP contribution is -2.19. The molecule has 20 heavy (non-hydrogen) atoms. The standard InChI is InChI=1S/C16H23N3O/c1-16(2,3)13-10-12-7-5-6-11(8-9-20-4)14(12)18-15(13)19-17/h5-7,10H,8-9,17H2,1-4H3,(H,18,19). The minimum absolute atomic E-state index is 0.00850. The molecule has 0 unspecified atom stereocenters. The first-order valence-electron chi connectivity index (χ1n) is 6.86. The fourth-order valence-electron chi connectivity index (χ4n) is 2.36. The molecular weight excluding hydrogens is 250 g/mol. The molecule has 0 atom stereocenters. The Morgan fingerprint density at radius 3 is 2.65 bits per heavy atom. The summed E-state index contributed by atoms with van der Waals surface area (Å²) in [5.74, 6) is 6.40. The van der Waals surface area contributed by atoms with Gasteiger partial charge in [-0.1, -0.05) is 39.0 Å². The second-order valence-corrected chi connectivity index (χ2v) is 6.01. The van der Waals surface area contributed by atoms with Crippen molar-refractivity contribution in [1.29, 1.82) is 0 Å². The van der Waals surface area contributed by atoms with Crippen molar-refractivity contribution in [3.8, 4) is 0 Å². The van der Waals surface area contributed by atoms with Crippen molar-refractivity contribution >= 4 is 16.7 Å². The summed E-state index contributed by atoms with van der Waals surface area (Å²) < 4.78 is 5.16. The highest BCUT2D eigenvalue weighted by Gasteiger charge is 2.20. The fraction of sp³-hybridized carbons (Fsp3) is 0.438. The van der Waals surface area contributed by atoms with Crippen LogP contribution in [0, 0.1) is 0 Å². The van der Waals surface area contributed by atoms with E-state index in [1.807, 2.05) is 0 Å². The van der Waals surface area contributed by atoms with E-state index in [-0.39, 0.29) is 5.41 Å². The molecule has 0 aliphatic heterocycles. The van der Waals surface area contributed by atoms with Gasteiger partial charge >= 0.3 is 0 Å². The van der Waals surface area contributed by atoms with Crippen LogP contribution in [0.5, 0.6) is 0 Å². The molecular formula is C16H23N3O. The number of anilines is 1. The number of ether oxygens (including phenoxy) is 1. The molecule has 3 N–H and O–H groups in total. The smallest absolute Gasteiger partial charge is 0.144 e. The maximum Gasteiger partial charge on any atom is 0.144 e. The number of hydrogen-bond acceptors (Lipinski definition) is 4. The Kier molecular flexibility index (Phi) is 4.26. The summed E-state index contributed by atoms with van der Waals surface area (Å²) in [6, 6.07) is 8.42. The van der Waals surface area contributed by atoms with E-state index in [1.165, 1.54) is 5.56 Å². The number of fused-ring (bicyclic) bond motifs is 1. The number of para-hydroxylation sites is 1. The molecule has 1 aromatic heterocycles. The molecule has 0 fully saturated rings. The van der Waals surface area contributed by atoms with Crippen LogP contribution in [0.2, 0.25) is 0 Å². The van der Waals surface area contributed by atoms with Crippen LogP contribution in [0.25, 0.3) is 10.9 Å². The maximum atomic E-state index is 5.65. The predicted molar refractivity (Wildman–Crippen MR) is 83.8 cm³/mol. The van der Waals surface area contributed by atoms with Crippen molar-refractivity contribution < 1.29 is 4.74 Å². The van der Waals surface area contributed by atoms with E-state index in [2.05, 4.69) is 50.5 Å². The summed E-state index contributed by atoms with van der Waals surface area (Å²) in [7, 11) is 1.71. The van der Waals surface area contributed by atoms with E-state index in [9.17, 15) is 0 Å². The molecule has 0 bridgehead atoms. The third-order valence-electron chi connectivity index (χ3n) is 3.45. The Bertz CT molecular complexity index is 602. The molecule has 108 valence electrons. The van der Waals surface area contributed by atoms with E-state index in [4.69, 9.17) is 15.6 Å². The van der Waals surface area contributed by atoms with Gasteiger partial charge in [0.15, 0.2) is 0 Å². The second-order valence-electron chi connectivity index (χ2n) is 6.01. The SMILES string of the molecule is COCCc1cccc2cc(C(C)(C)C)c(NN)nc12. The lowest BCUT2D eigenvalue weighted by Gasteiger charge is -2.22. The lowest BCUT2D eigenvalue weighted by molar-refractivity contribution is 0.202. The Morgan fingerprint density at radius 2 is 2.05 bits per heavy atom. The van der Waals surface area contributed by atoms with Gasteiger partial charge < -0.3 is 10.2 Å². The number of nitrogens with zero attached hydrogens (tertiary/aromatic N) is 1. The van der Waals surface area contributed by atoms with E-state index >= 15 is 0 Å². The third-order valence-corrected chi connectivity index (χ3v) is 3.45. The number of hydrazine groups is 1. The molecule has 0 saturated carbocycles. The summed E-state index contributed by atoms with van der Waals surface area (Å²) >= 11 is 0. The summed E-state index contributed by atoms with van der Waals surface area (Å²) in [5.41, 5.74) is 6.02. The largest absolute Gasteiger partial charge is 0.384 e. The average Bonchev–Trinajstić information content (AvgIpc) is 2.42. The summed E-state index contributed by atoms with van der Waals surface area (Å²) in [5, 5.41) is 1.14. The Hall–Kier alpha value is -1.65. The van der Waals surface area contributed by atoms with Crippen molar-refractivity contribution in [1.82, 2.24) is 4.98 Å². The number of aromatic nitrogens is 1. The molecule has 0 radical (unpaired) electrons. The van der Waals surface area contributed by atoms with Gasteiger partial charge in [0.2, 0.25) is 0 Å². The van der Waals surface area contributed by atoms with Gasteiger partial charge in [-0.05, 0) is 23.5 Å². The normalized spacial score (nSPS) is 11.8. The van der Waals surface area contributed by atoms with Gasteiger partial charge in [0.1, 0.15) is 5.82 Å². The average molecular weight is 273 g/mol. The van der Waals surface area contributed by atoms with Crippen molar-refractivity contribution in [2.45, 2.75) is 32.6 Å². The summed E-state index contributed by atoms with van der Waals surface area (Å²) in [6.07, 6.45) is 0.847. The van der Waals surface area contributed by atoms with E-state index in [0.717, 1.165) is 28.7 Å². The molecule has 2 aromatic rings. The highest BCUT2D eigenvalue weighted by atomic mass is 16.5. The second kappa shape index (κ2) is 5.77. The van der Waals surface area contributed by atoms with Crippen LogP contribution >= 0.6 is 0 Å². The first-order valence-corrected chi connectivity index (χ1v) is 6.86. The van der Waals surface area contributed by atoms with Crippen LogP contribution in [-0.4, -0.2) is 18.7 Å². The van der Waals surface area contributed by atoms with Gasteiger partial charge in [0.05, 0.1) is 12.1 Å². The van der Waals surface area contributed by atoms with Crippen LogP contribution in [-0.2, 0) is 16.6 Å². The molecule has 4 heteroatoms. The van der Waals surface area contributed by atoms with Crippen LogP contribution in [0.4, 0.5) is 5.82 Å². The van der Waals surface area contributed by atoms with Crippen molar-refractivity contribution in [2.24, 2.45) is 5.84 Å². The van der Waals surface area contributed by atoms with E-state index < -0.39 is 0 Å². The van der Waals surface area contributed by atoms with Crippen LogP contribution in [0.3, 0.4) is 0 Å². The third kappa shape index (κ3) is 2.92. The molecule has 0 aliphatic rings. The number of pyridine rings is 1. The van der Waals surface area contributed by atoms with Gasteiger partial charge in [-0.25, -0.2) is 10.8 Å². The van der Waals surface area contributed by atoms with Crippen molar-refractivity contribution in [3.05, 3.63) is 35.4 Å². The van der Waals surface area contributed by atoms with Gasteiger partial charge in [-0.2, -0.15) is 0 Å². The van der Waals surface area contributed by atoms with Gasteiger partial charge in [0, 0.05) is 18.1 Å². The molecule has 0 amide bonds. The predicted octanol–water partition coefficient (Wildman–Crippen LogP) is 3.01. The first-order chi connectivity index (χ1) is 9.47. The fourth-order valence-corrected chi connectivity index (χ4v) is 2.36. The molecule has 4 nitrogen and oxygen atoms in total. The topological polar surface area (TPSA) is 60.2 Å². The minimum Gasteiger partial charge on any atom is -0.384 e. The number of benzene rings is 1. The zero-order chi connectivity index (χ0) is 14.8. The monoisotopic (exact) mass is 273 g/mol. The number of nitrogens with one attached hydrogen (secondary N) is 1. The molecule has 1 heterocycles. The van der Waals surface area contributed by atoms with Crippen molar-refractivity contribution in [2.75, 3.05) is 19.1 Å². The number of nitrogen functional groups attached to an aromatic ring is 1. The van der Waals surface area contributed by atoms with Gasteiger partial charge in [0.25, 0.3) is 0 Å². The van der Waals surface area contributed by atoms with Crippen LogP contribution in [0.1, 0.15) is 31.9 Å². The zero-order valence-electron chi connectivity index (χ0n) is 12.7. The van der Waals surface area contributed by atoms with E-state index in [0.29, 0.717) is 6.61 Å². The number of hydrogen-bond donors (Lipinski definition) is 2. The number of nitrogens with two attached hydrogens (primary N) is 1. The van der Waals surface area contributed by atoms with Crippen LogP contribution < -0.4 is 11.3 Å². The molecule has 2 rings (SSSR count). The van der Waals surface area contributed by atoms with Gasteiger partial charge in [-0.3, -0.25) is 0 Å². The minimum atomic E-state index is -0.00850. The molecule has 0 spiro atoms. The van der Waals surface area contributed by atoms with Gasteiger partial charge in [-0.15, -0.1) is 0 Å².